The fourth-order valence-corrected chi connectivity index (χ4v) is 10.6. The van der Waals surface area contributed by atoms with Crippen molar-refractivity contribution in [2.75, 3.05) is 26.7 Å². The van der Waals surface area contributed by atoms with E-state index in [-0.39, 0.29) is 48.0 Å². The van der Waals surface area contributed by atoms with Gasteiger partial charge in [0.25, 0.3) is 0 Å². The number of hydrogen-bond donors (Lipinski definition) is 4. The number of esters is 4. The minimum Gasteiger partial charge on any atom is -0.460 e. The summed E-state index contributed by atoms with van der Waals surface area (Å²) in [6, 6.07) is 14.4. The summed E-state index contributed by atoms with van der Waals surface area (Å²) in [6.45, 7) is 14.6. The van der Waals surface area contributed by atoms with Gasteiger partial charge < -0.3 is 49.1 Å². The highest BCUT2D eigenvalue weighted by atomic mass is 16.6. The van der Waals surface area contributed by atoms with Gasteiger partial charge in [0.05, 0.1) is 42.6 Å². The molecule has 3 aliphatic carbocycles. The van der Waals surface area contributed by atoms with Gasteiger partial charge in [-0.3, -0.25) is 24.1 Å². The van der Waals surface area contributed by atoms with Crippen molar-refractivity contribution in [2.24, 2.45) is 22.7 Å². The van der Waals surface area contributed by atoms with Crippen molar-refractivity contribution in [1.29, 1.82) is 0 Å². The van der Waals surface area contributed by atoms with Crippen LogP contribution in [0, 0.1) is 22.7 Å². The van der Waals surface area contributed by atoms with Crippen molar-refractivity contribution in [2.45, 2.75) is 142 Å². The van der Waals surface area contributed by atoms with Gasteiger partial charge in [-0.15, -0.1) is 0 Å². The molecule has 4 aliphatic rings. The molecule has 1 aliphatic heterocycles. The molecule has 2 bridgehead atoms. The fraction of sp³-hybridized carbons (Fsp3) is 0.588. The first kappa shape index (κ1) is 52.8. The number of carbonyl (C=O) groups excluding carboxylic acids is 7. The first-order chi connectivity index (χ1) is 32.1. The lowest BCUT2D eigenvalue weighted by molar-refractivity contribution is -0.346. The molecule has 11 atom stereocenters. The average Bonchev–Trinajstić information content (AvgIpc) is 3.25. The van der Waals surface area contributed by atoms with Gasteiger partial charge in [-0.25, -0.2) is 14.4 Å². The quantitative estimate of drug-likeness (QED) is 0.119. The summed E-state index contributed by atoms with van der Waals surface area (Å²) in [5, 5.41) is 40.7. The number of carbonyl (C=O) groups is 7. The molecule has 3 fully saturated rings. The molecule has 1 heterocycles. The lowest BCUT2D eigenvalue weighted by atomic mass is 9.44. The Morgan fingerprint density at radius 2 is 1.54 bits per heavy atom. The van der Waals surface area contributed by atoms with E-state index < -0.39 is 125 Å². The molecular formula is C51H66N2O16. The van der Waals surface area contributed by atoms with Crippen molar-refractivity contribution in [1.82, 2.24) is 10.2 Å². The van der Waals surface area contributed by atoms with Gasteiger partial charge in [-0.1, -0.05) is 76.2 Å². The molecule has 2 saturated carbocycles. The Kier molecular flexibility index (Phi) is 15.1. The van der Waals surface area contributed by atoms with E-state index in [0.29, 0.717) is 5.56 Å². The van der Waals surface area contributed by atoms with Crippen LogP contribution in [0.1, 0.15) is 104 Å². The van der Waals surface area contributed by atoms with E-state index >= 15 is 4.79 Å². The number of nitrogens with zero attached hydrogens (tertiary/aromatic N) is 1. The summed E-state index contributed by atoms with van der Waals surface area (Å²) < 4.78 is 36.3. The van der Waals surface area contributed by atoms with Gasteiger partial charge >= 0.3 is 30.0 Å². The smallest absolute Gasteiger partial charge is 0.408 e. The Bertz CT molecular complexity index is 2340. The Labute approximate surface area is 402 Å². The highest BCUT2D eigenvalue weighted by molar-refractivity contribution is 5.94. The number of benzene rings is 2. The number of rotatable bonds is 14. The Morgan fingerprint density at radius 3 is 2.09 bits per heavy atom. The molecular weight excluding hydrogens is 897 g/mol. The molecule has 0 spiro atoms. The Balaban J connectivity index is 1.51. The van der Waals surface area contributed by atoms with Crippen LogP contribution in [0.2, 0.25) is 0 Å². The molecule has 1 saturated heterocycles. The maximum atomic E-state index is 15.7. The molecule has 0 radical (unpaired) electrons. The molecule has 0 unspecified atom stereocenters. The SMILES string of the molecule is CC(=O)O[C@@]12CO[C@@H]1C[C@H](OC(=O)CN(C)CC(=O)C(C)C)[C@@]1(C)C(=O)[C@H](O)C3=C(C)[C@@H](OC(=O)[C@H](O)[C@@H](NC(=O)OC(C)(C)C)c4ccccc4)C[C@@](O)([C@@H](OC(=O)c4ccccc4)[C@H]21)C3(C)C. The standard InChI is InChI=1S/C51H66N2O16/c1-27(2)32(55)24-53(11)25-36(56)66-34-22-35-50(26-64-35,68-29(4)54)41-43(67-44(60)31-20-16-13-17-21-31)51(63)23-33(28(3)37(48(51,8)9)39(57)42(59)49(34,41)10)65-45(61)40(58)38(30-18-14-12-15-19-30)52-46(62)69-47(5,6)7/h12-21,27,33-35,38-41,43,57-58,63H,22-26H2,1-11H3,(H,52,62)/t33-,34-,35+,38-,39+,40+,41-,43-,49+,50-,51+/m0/s1. The largest absolute Gasteiger partial charge is 0.460 e. The van der Waals surface area contributed by atoms with E-state index in [1.807, 2.05) is 0 Å². The van der Waals surface area contributed by atoms with E-state index in [9.17, 15) is 44.1 Å². The number of Topliss-reactive ketones (excluding diaryl/α,β-unsaturated/α-hetero) is 2. The number of amides is 1. The number of nitrogens with one attached hydrogen (secondary N) is 1. The number of hydrogen-bond acceptors (Lipinski definition) is 17. The van der Waals surface area contributed by atoms with Crippen LogP contribution in [0.4, 0.5) is 4.79 Å². The molecule has 18 nitrogen and oxygen atoms in total. The van der Waals surface area contributed by atoms with Crippen molar-refractivity contribution in [3.63, 3.8) is 0 Å². The van der Waals surface area contributed by atoms with Crippen LogP contribution in [0.25, 0.3) is 0 Å². The van der Waals surface area contributed by atoms with E-state index in [4.69, 9.17) is 28.4 Å². The summed E-state index contributed by atoms with van der Waals surface area (Å²) >= 11 is 0. The molecule has 0 aromatic heterocycles. The first-order valence-corrected chi connectivity index (χ1v) is 23.2. The van der Waals surface area contributed by atoms with E-state index in [1.54, 1.807) is 90.2 Å². The Hall–Kier alpha value is -5.53. The molecule has 2 aromatic rings. The lowest BCUT2D eigenvalue weighted by Crippen LogP contribution is -2.82. The van der Waals surface area contributed by atoms with Crippen LogP contribution in [0.5, 0.6) is 0 Å². The van der Waals surface area contributed by atoms with E-state index in [1.165, 1.54) is 44.7 Å². The third kappa shape index (κ3) is 10.1. The minimum absolute atomic E-state index is 0.0352. The zero-order valence-corrected chi connectivity index (χ0v) is 41.1. The van der Waals surface area contributed by atoms with Gasteiger partial charge in [0, 0.05) is 31.1 Å². The molecule has 4 N–H and O–H groups in total. The topological polar surface area (TPSA) is 251 Å². The second-order valence-electron chi connectivity index (χ2n) is 20.8. The first-order valence-electron chi connectivity index (χ1n) is 23.2. The number of aliphatic hydroxyl groups is 3. The van der Waals surface area contributed by atoms with Gasteiger partial charge in [0.15, 0.2) is 17.5 Å². The predicted octanol–water partition coefficient (Wildman–Crippen LogP) is 3.97. The summed E-state index contributed by atoms with van der Waals surface area (Å²) in [6.07, 6.45) is -12.0. The van der Waals surface area contributed by atoms with Crippen LogP contribution >= 0.6 is 0 Å². The normalized spacial score (nSPS) is 30.2. The van der Waals surface area contributed by atoms with Crippen molar-refractivity contribution in [3.8, 4) is 0 Å². The van der Waals surface area contributed by atoms with Crippen molar-refractivity contribution < 1.29 is 77.3 Å². The zero-order chi connectivity index (χ0) is 51.2. The highest BCUT2D eigenvalue weighted by Gasteiger charge is 2.78. The summed E-state index contributed by atoms with van der Waals surface area (Å²) in [5.41, 5.74) is -8.78. The summed E-state index contributed by atoms with van der Waals surface area (Å²) in [4.78, 5) is 98.7. The zero-order valence-electron chi connectivity index (χ0n) is 41.1. The van der Waals surface area contributed by atoms with Crippen molar-refractivity contribution in [3.05, 3.63) is 82.9 Å². The molecule has 69 heavy (non-hydrogen) atoms. The third-order valence-electron chi connectivity index (χ3n) is 14.3. The predicted molar refractivity (Wildman–Crippen MR) is 245 cm³/mol. The molecule has 1 amide bonds. The second kappa shape index (κ2) is 19.7. The van der Waals surface area contributed by atoms with Crippen LogP contribution in [-0.2, 0) is 52.4 Å². The van der Waals surface area contributed by atoms with Gasteiger partial charge in [-0.2, -0.15) is 0 Å². The average molecular weight is 963 g/mol. The van der Waals surface area contributed by atoms with Crippen molar-refractivity contribution >= 4 is 41.5 Å². The minimum atomic E-state index is -2.46. The van der Waals surface area contributed by atoms with E-state index in [2.05, 4.69) is 5.32 Å². The van der Waals surface area contributed by atoms with Crippen LogP contribution in [0.15, 0.2) is 71.8 Å². The van der Waals surface area contributed by atoms with Crippen LogP contribution in [0.3, 0.4) is 0 Å². The monoisotopic (exact) mass is 962 g/mol. The van der Waals surface area contributed by atoms with Gasteiger partial charge in [0.2, 0.25) is 0 Å². The number of likely N-dealkylation sites (N-methyl/N-ethyl adjacent to an activating group) is 1. The molecule has 18 heteroatoms. The summed E-state index contributed by atoms with van der Waals surface area (Å²) in [7, 11) is 1.55. The summed E-state index contributed by atoms with van der Waals surface area (Å²) in [5.74, 6) is -6.97. The molecule has 2 aromatic carbocycles. The van der Waals surface area contributed by atoms with Gasteiger partial charge in [0.1, 0.15) is 47.5 Å². The number of alkyl carbamates (subject to hydrolysis) is 1. The molecule has 6 rings (SSSR count). The number of aliphatic hydroxyl groups excluding tert-OH is 2. The van der Waals surface area contributed by atoms with Gasteiger partial charge in [-0.05, 0) is 70.5 Å². The number of ketones is 2. The van der Waals surface area contributed by atoms with Crippen LogP contribution < -0.4 is 5.32 Å². The Morgan fingerprint density at radius 1 is 0.928 bits per heavy atom. The highest BCUT2D eigenvalue weighted by Crippen LogP contribution is 2.64. The maximum absolute atomic E-state index is 15.7. The van der Waals surface area contributed by atoms with E-state index in [0.717, 1.165) is 6.92 Å². The molecule has 376 valence electrons. The lowest BCUT2D eigenvalue weighted by Gasteiger charge is -2.67. The third-order valence-corrected chi connectivity index (χ3v) is 14.3. The van der Waals surface area contributed by atoms with Crippen LogP contribution in [-0.4, -0.2) is 142 Å². The maximum Gasteiger partial charge on any atom is 0.408 e. The number of fused-ring (bicyclic) bond motifs is 5. The second-order valence-corrected chi connectivity index (χ2v) is 20.8. The number of ether oxygens (including phenoxy) is 6. The fourth-order valence-electron chi connectivity index (χ4n) is 10.6.